The Labute approximate surface area is 136 Å². The zero-order valence-corrected chi connectivity index (χ0v) is 13.5. The summed E-state index contributed by atoms with van der Waals surface area (Å²) in [5.74, 6) is 0.440. The first-order valence-corrected chi connectivity index (χ1v) is 7.94. The van der Waals surface area contributed by atoms with Gasteiger partial charge in [-0.25, -0.2) is 9.63 Å². The van der Waals surface area contributed by atoms with Crippen LogP contribution in [0.2, 0.25) is 0 Å². The predicted octanol–water partition coefficient (Wildman–Crippen LogP) is 2.58. The molecule has 2 rings (SSSR count). The number of ether oxygens (including phenoxy) is 1. The summed E-state index contributed by atoms with van der Waals surface area (Å²) in [5.41, 5.74) is -0.118. The second-order valence-corrected chi connectivity index (χ2v) is 6.32. The Kier molecular flexibility index (Phi) is 6.06. The topological polar surface area (TPSA) is 70.6 Å². The SMILES string of the molecule is C[C@@H]1CC[C@@](O)(CNCl)[C@H](NC(=O)OCc2ccccc2)C1. The van der Waals surface area contributed by atoms with Gasteiger partial charge in [-0.2, -0.15) is 0 Å². The first kappa shape index (κ1) is 17.1. The normalized spacial score (nSPS) is 28.1. The van der Waals surface area contributed by atoms with E-state index in [0.29, 0.717) is 18.8 Å². The molecule has 0 saturated heterocycles. The number of hydrogen-bond acceptors (Lipinski definition) is 4. The van der Waals surface area contributed by atoms with Gasteiger partial charge < -0.3 is 15.2 Å². The molecule has 5 nitrogen and oxygen atoms in total. The summed E-state index contributed by atoms with van der Waals surface area (Å²) in [6.07, 6.45) is 1.69. The zero-order valence-electron chi connectivity index (χ0n) is 12.7. The lowest BCUT2D eigenvalue weighted by atomic mass is 9.75. The van der Waals surface area contributed by atoms with Crippen LogP contribution >= 0.6 is 11.8 Å². The lowest BCUT2D eigenvalue weighted by molar-refractivity contribution is -0.0326. The van der Waals surface area contributed by atoms with E-state index in [1.54, 1.807) is 0 Å². The van der Waals surface area contributed by atoms with Gasteiger partial charge in [-0.15, -0.1) is 0 Å². The number of benzene rings is 1. The Morgan fingerprint density at radius 1 is 1.45 bits per heavy atom. The summed E-state index contributed by atoms with van der Waals surface area (Å²) in [4.78, 5) is 14.5. The van der Waals surface area contributed by atoms with Crippen molar-refractivity contribution in [1.82, 2.24) is 10.2 Å². The third kappa shape index (κ3) is 4.60. The molecular formula is C16H23ClN2O3. The van der Waals surface area contributed by atoms with Gasteiger partial charge in [-0.3, -0.25) is 0 Å². The van der Waals surface area contributed by atoms with Gasteiger partial charge in [0.2, 0.25) is 0 Å². The molecule has 22 heavy (non-hydrogen) atoms. The summed E-state index contributed by atoms with van der Waals surface area (Å²) in [7, 11) is 0. The lowest BCUT2D eigenvalue weighted by Gasteiger charge is -2.42. The lowest BCUT2D eigenvalue weighted by Crippen LogP contribution is -2.59. The maximum atomic E-state index is 12.0. The van der Waals surface area contributed by atoms with Crippen molar-refractivity contribution >= 4 is 17.9 Å². The molecule has 1 aromatic rings. The fraction of sp³-hybridized carbons (Fsp3) is 0.562. The molecule has 0 spiro atoms. The quantitative estimate of drug-likeness (QED) is 0.727. The van der Waals surface area contributed by atoms with Gasteiger partial charge in [0.25, 0.3) is 0 Å². The minimum absolute atomic E-state index is 0.209. The number of aliphatic hydroxyl groups is 1. The second-order valence-electron chi connectivity index (χ2n) is 6.05. The molecule has 1 saturated carbocycles. The number of alkyl carbamates (subject to hydrolysis) is 1. The van der Waals surface area contributed by atoms with E-state index in [1.165, 1.54) is 0 Å². The Balaban J connectivity index is 1.90. The average Bonchev–Trinajstić information content (AvgIpc) is 2.51. The number of nitrogens with one attached hydrogen (secondary N) is 2. The smallest absolute Gasteiger partial charge is 0.407 e. The van der Waals surface area contributed by atoms with Crippen molar-refractivity contribution in [1.29, 1.82) is 0 Å². The molecule has 6 heteroatoms. The molecule has 0 aliphatic heterocycles. The summed E-state index contributed by atoms with van der Waals surface area (Å²) < 4.78 is 5.22. The van der Waals surface area contributed by atoms with Crippen LogP contribution in [0.25, 0.3) is 0 Å². The van der Waals surface area contributed by atoms with Crippen LogP contribution in [0, 0.1) is 5.92 Å². The van der Waals surface area contributed by atoms with Crippen LogP contribution in [0.15, 0.2) is 30.3 Å². The molecule has 0 aromatic heterocycles. The second kappa shape index (κ2) is 7.81. The Morgan fingerprint density at radius 3 is 2.86 bits per heavy atom. The molecule has 1 fully saturated rings. The first-order chi connectivity index (χ1) is 10.5. The van der Waals surface area contributed by atoms with Gasteiger partial charge in [-0.05, 0) is 42.5 Å². The van der Waals surface area contributed by atoms with Crippen molar-refractivity contribution in [3.8, 4) is 0 Å². The van der Waals surface area contributed by atoms with Gasteiger partial charge in [0.1, 0.15) is 6.61 Å². The fourth-order valence-corrected chi connectivity index (χ4v) is 3.07. The van der Waals surface area contributed by atoms with Crippen LogP contribution in [0.3, 0.4) is 0 Å². The molecular weight excluding hydrogens is 304 g/mol. The molecule has 1 amide bonds. The zero-order chi connectivity index (χ0) is 16.0. The number of halogens is 1. The van der Waals surface area contributed by atoms with E-state index in [2.05, 4.69) is 17.1 Å². The Hall–Kier alpha value is -1.30. The van der Waals surface area contributed by atoms with E-state index in [-0.39, 0.29) is 19.2 Å². The highest BCUT2D eigenvalue weighted by atomic mass is 35.5. The molecule has 3 atom stereocenters. The minimum atomic E-state index is -1.04. The number of carbonyl (C=O) groups is 1. The molecule has 3 N–H and O–H groups in total. The van der Waals surface area contributed by atoms with Crippen LogP contribution < -0.4 is 10.2 Å². The largest absolute Gasteiger partial charge is 0.445 e. The molecule has 0 heterocycles. The molecule has 1 aliphatic carbocycles. The van der Waals surface area contributed by atoms with Crippen molar-refractivity contribution in [3.63, 3.8) is 0 Å². The van der Waals surface area contributed by atoms with Crippen molar-refractivity contribution in [2.24, 2.45) is 5.92 Å². The average molecular weight is 327 g/mol. The van der Waals surface area contributed by atoms with Gasteiger partial charge in [0.05, 0.1) is 11.6 Å². The summed E-state index contributed by atoms with van der Waals surface area (Å²) in [6.45, 7) is 2.55. The summed E-state index contributed by atoms with van der Waals surface area (Å²) in [6, 6.07) is 9.11. The Bertz CT molecular complexity index is 486. The monoisotopic (exact) mass is 326 g/mol. The van der Waals surface area contributed by atoms with E-state index in [0.717, 1.165) is 12.0 Å². The number of amides is 1. The molecule has 1 aromatic carbocycles. The van der Waals surface area contributed by atoms with Crippen molar-refractivity contribution < 1.29 is 14.6 Å². The maximum absolute atomic E-state index is 12.0. The van der Waals surface area contributed by atoms with Gasteiger partial charge in [0.15, 0.2) is 0 Å². The summed E-state index contributed by atoms with van der Waals surface area (Å²) in [5, 5.41) is 13.5. The first-order valence-electron chi connectivity index (χ1n) is 7.56. The maximum Gasteiger partial charge on any atom is 0.407 e. The van der Waals surface area contributed by atoms with Gasteiger partial charge in [-0.1, -0.05) is 37.3 Å². The fourth-order valence-electron chi connectivity index (χ4n) is 2.84. The van der Waals surface area contributed by atoms with E-state index in [9.17, 15) is 9.90 Å². The molecule has 0 radical (unpaired) electrons. The highest BCUT2D eigenvalue weighted by molar-refractivity contribution is 6.13. The van der Waals surface area contributed by atoms with Crippen LogP contribution in [0.5, 0.6) is 0 Å². The standard InChI is InChI=1S/C16H23ClN2O3/c1-12-7-8-16(21,11-18-17)14(9-12)19-15(20)22-10-13-5-3-2-4-6-13/h2-6,12,14,18,21H,7-11H2,1H3,(H,19,20)/t12-,14-,16-/m1/s1. The van der Waals surface area contributed by atoms with Crippen LogP contribution in [0.4, 0.5) is 4.79 Å². The van der Waals surface area contributed by atoms with Crippen molar-refractivity contribution in [2.75, 3.05) is 6.54 Å². The van der Waals surface area contributed by atoms with E-state index in [1.807, 2.05) is 30.3 Å². The Morgan fingerprint density at radius 2 is 2.18 bits per heavy atom. The molecule has 0 bridgehead atoms. The molecule has 1 aliphatic rings. The third-order valence-electron chi connectivity index (χ3n) is 4.23. The molecule has 0 unspecified atom stereocenters. The molecule has 122 valence electrons. The van der Waals surface area contributed by atoms with Crippen LogP contribution in [0.1, 0.15) is 31.7 Å². The van der Waals surface area contributed by atoms with Crippen LogP contribution in [-0.4, -0.2) is 29.4 Å². The summed E-state index contributed by atoms with van der Waals surface area (Å²) >= 11 is 5.55. The highest BCUT2D eigenvalue weighted by Crippen LogP contribution is 2.32. The van der Waals surface area contributed by atoms with E-state index < -0.39 is 11.7 Å². The van der Waals surface area contributed by atoms with E-state index >= 15 is 0 Å². The van der Waals surface area contributed by atoms with E-state index in [4.69, 9.17) is 16.5 Å². The predicted molar refractivity (Wildman–Crippen MR) is 85.4 cm³/mol. The highest BCUT2D eigenvalue weighted by Gasteiger charge is 2.41. The van der Waals surface area contributed by atoms with Gasteiger partial charge in [0, 0.05) is 6.54 Å². The van der Waals surface area contributed by atoms with Crippen molar-refractivity contribution in [2.45, 2.75) is 44.4 Å². The van der Waals surface area contributed by atoms with Crippen molar-refractivity contribution in [3.05, 3.63) is 35.9 Å². The van der Waals surface area contributed by atoms with Gasteiger partial charge >= 0.3 is 6.09 Å². The minimum Gasteiger partial charge on any atom is -0.445 e. The third-order valence-corrected chi connectivity index (χ3v) is 4.37. The number of carbonyl (C=O) groups excluding carboxylic acids is 1. The van der Waals surface area contributed by atoms with Crippen LogP contribution in [-0.2, 0) is 11.3 Å². The number of hydrogen-bond donors (Lipinski definition) is 3. The number of rotatable bonds is 5.